The molecule has 0 bridgehead atoms. The van der Waals surface area contributed by atoms with Gasteiger partial charge >= 0.3 is 0 Å². The zero-order chi connectivity index (χ0) is 16.5. The highest BCUT2D eigenvalue weighted by atomic mass is 14.3. The van der Waals surface area contributed by atoms with Crippen LogP contribution in [0, 0.1) is 59.2 Å². The van der Waals surface area contributed by atoms with E-state index in [-0.39, 0.29) is 0 Å². The normalized spacial score (nSPS) is 8.27. The summed E-state index contributed by atoms with van der Waals surface area (Å²) in [5.74, 6) is 0. The first-order valence-corrected chi connectivity index (χ1v) is 6.36. The summed E-state index contributed by atoms with van der Waals surface area (Å²) in [7, 11) is 0. The maximum Gasteiger partial charge on any atom is 0.0992 e. The monoisotopic (exact) mass is 284 g/mol. The number of hydrogen-bond acceptors (Lipinski definition) is 4. The Balaban J connectivity index is 0.000000220. The zero-order valence-corrected chi connectivity index (χ0v) is 12.3. The summed E-state index contributed by atoms with van der Waals surface area (Å²) in [5.41, 5.74) is 4.06. The van der Waals surface area contributed by atoms with E-state index in [1.807, 2.05) is 38.1 Å². The van der Waals surface area contributed by atoms with Crippen molar-refractivity contribution in [3.8, 4) is 24.3 Å². The van der Waals surface area contributed by atoms with E-state index in [0.717, 1.165) is 11.1 Å². The van der Waals surface area contributed by atoms with Gasteiger partial charge in [-0.05, 0) is 61.4 Å². The fourth-order valence-corrected chi connectivity index (χ4v) is 1.82. The van der Waals surface area contributed by atoms with Crippen LogP contribution in [0.1, 0.15) is 33.4 Å². The summed E-state index contributed by atoms with van der Waals surface area (Å²) in [6.07, 6.45) is 0. The number of hydrogen-bond donors (Lipinski definition) is 0. The number of aryl methyl sites for hydroxylation is 2. The molecule has 0 amide bonds. The van der Waals surface area contributed by atoms with Gasteiger partial charge < -0.3 is 0 Å². The first kappa shape index (κ1) is 16.5. The molecule has 0 aliphatic rings. The van der Waals surface area contributed by atoms with Gasteiger partial charge in [-0.15, -0.1) is 0 Å². The van der Waals surface area contributed by atoms with Gasteiger partial charge in [-0.1, -0.05) is 0 Å². The van der Waals surface area contributed by atoms with E-state index in [9.17, 15) is 0 Å². The van der Waals surface area contributed by atoms with Crippen LogP contribution in [0.25, 0.3) is 0 Å². The molecule has 22 heavy (non-hydrogen) atoms. The predicted molar refractivity (Wildman–Crippen MR) is 81.2 cm³/mol. The third-order valence-electron chi connectivity index (χ3n) is 2.67. The molecule has 0 spiro atoms. The number of nitriles is 4. The topological polar surface area (TPSA) is 95.2 Å². The highest BCUT2D eigenvalue weighted by Crippen LogP contribution is 2.07. The molecule has 0 aliphatic heterocycles. The quantitative estimate of drug-likeness (QED) is 0.739. The third kappa shape index (κ3) is 4.82. The van der Waals surface area contributed by atoms with Gasteiger partial charge in [0.1, 0.15) is 0 Å². The summed E-state index contributed by atoms with van der Waals surface area (Å²) in [6, 6.07) is 18.1. The molecular weight excluding hydrogens is 272 g/mol. The molecule has 0 unspecified atom stereocenters. The van der Waals surface area contributed by atoms with E-state index in [2.05, 4.69) is 0 Å². The molecule has 0 atom stereocenters. The minimum atomic E-state index is 0.543. The van der Waals surface area contributed by atoms with Crippen molar-refractivity contribution in [3.05, 3.63) is 69.8 Å². The lowest BCUT2D eigenvalue weighted by atomic mass is 10.1. The Morgan fingerprint density at radius 1 is 0.500 bits per heavy atom. The smallest absolute Gasteiger partial charge is 0.0992 e. The molecule has 2 rings (SSSR count). The van der Waals surface area contributed by atoms with Crippen LogP contribution < -0.4 is 0 Å². The molecule has 104 valence electrons. The van der Waals surface area contributed by atoms with Crippen LogP contribution in [0.5, 0.6) is 0 Å². The summed E-state index contributed by atoms with van der Waals surface area (Å²) >= 11 is 0. The van der Waals surface area contributed by atoms with Crippen molar-refractivity contribution in [1.29, 1.82) is 21.0 Å². The first-order chi connectivity index (χ1) is 10.5. The van der Waals surface area contributed by atoms with Crippen LogP contribution >= 0.6 is 0 Å². The van der Waals surface area contributed by atoms with Crippen molar-refractivity contribution in [1.82, 2.24) is 0 Å². The van der Waals surface area contributed by atoms with Gasteiger partial charge in [-0.25, -0.2) is 0 Å². The second-order valence-electron chi connectivity index (χ2n) is 4.62. The molecule has 0 N–H and O–H groups in total. The van der Waals surface area contributed by atoms with Crippen LogP contribution in [-0.4, -0.2) is 0 Å². The molecule has 2 aromatic rings. The first-order valence-electron chi connectivity index (χ1n) is 6.36. The number of benzene rings is 2. The lowest BCUT2D eigenvalue weighted by Crippen LogP contribution is -1.81. The van der Waals surface area contributed by atoms with Crippen LogP contribution in [-0.2, 0) is 0 Å². The molecule has 0 saturated heterocycles. The van der Waals surface area contributed by atoms with Crippen molar-refractivity contribution in [2.75, 3.05) is 0 Å². The van der Waals surface area contributed by atoms with E-state index < -0.39 is 0 Å². The molecule has 0 radical (unpaired) electrons. The van der Waals surface area contributed by atoms with Crippen molar-refractivity contribution in [2.45, 2.75) is 13.8 Å². The van der Waals surface area contributed by atoms with Crippen molar-refractivity contribution >= 4 is 0 Å². The Bertz CT molecular complexity index is 715. The molecule has 0 aromatic heterocycles. The van der Waals surface area contributed by atoms with E-state index in [0.29, 0.717) is 22.3 Å². The maximum absolute atomic E-state index is 8.52. The van der Waals surface area contributed by atoms with Gasteiger partial charge in [0.25, 0.3) is 0 Å². The fourth-order valence-electron chi connectivity index (χ4n) is 1.82. The van der Waals surface area contributed by atoms with E-state index in [1.165, 1.54) is 0 Å². The largest absolute Gasteiger partial charge is 0.192 e. The molecular formula is C18H12N4. The molecule has 0 aliphatic carbocycles. The Morgan fingerprint density at radius 3 is 0.909 bits per heavy atom. The Hall–Kier alpha value is -3.60. The zero-order valence-electron chi connectivity index (χ0n) is 12.3. The Kier molecular flexibility index (Phi) is 5.88. The van der Waals surface area contributed by atoms with Gasteiger partial charge in [0.15, 0.2) is 0 Å². The summed E-state index contributed by atoms with van der Waals surface area (Å²) in [5, 5.41) is 34.1. The SMILES string of the molecule is Cc1cc(C#N)cc(C#N)c1.Cc1cc(C#N)cc(C#N)c1. The van der Waals surface area contributed by atoms with E-state index in [1.54, 1.807) is 36.4 Å². The van der Waals surface area contributed by atoms with Crippen LogP contribution in [0.15, 0.2) is 36.4 Å². The van der Waals surface area contributed by atoms with Gasteiger partial charge in [-0.3, -0.25) is 0 Å². The molecule has 0 saturated carbocycles. The van der Waals surface area contributed by atoms with Gasteiger partial charge in [-0.2, -0.15) is 21.0 Å². The van der Waals surface area contributed by atoms with Gasteiger partial charge in [0.2, 0.25) is 0 Å². The van der Waals surface area contributed by atoms with Crippen LogP contribution in [0.4, 0.5) is 0 Å². The van der Waals surface area contributed by atoms with Crippen molar-refractivity contribution in [2.24, 2.45) is 0 Å². The predicted octanol–water partition coefficient (Wildman–Crippen LogP) is 3.48. The number of nitrogens with zero attached hydrogens (tertiary/aromatic N) is 4. The highest BCUT2D eigenvalue weighted by Gasteiger charge is 1.96. The third-order valence-corrected chi connectivity index (χ3v) is 2.67. The van der Waals surface area contributed by atoms with E-state index in [4.69, 9.17) is 21.0 Å². The molecule has 0 heterocycles. The molecule has 0 fully saturated rings. The van der Waals surface area contributed by atoms with Crippen LogP contribution in [0.3, 0.4) is 0 Å². The average Bonchev–Trinajstić information content (AvgIpc) is 2.53. The lowest BCUT2D eigenvalue weighted by molar-refractivity contribution is 1.39. The second kappa shape index (κ2) is 7.86. The number of rotatable bonds is 0. The van der Waals surface area contributed by atoms with Crippen molar-refractivity contribution in [3.63, 3.8) is 0 Å². The summed E-state index contributed by atoms with van der Waals surface area (Å²) in [4.78, 5) is 0. The summed E-state index contributed by atoms with van der Waals surface area (Å²) < 4.78 is 0. The van der Waals surface area contributed by atoms with Crippen LogP contribution in [0.2, 0.25) is 0 Å². The molecule has 2 aromatic carbocycles. The average molecular weight is 284 g/mol. The maximum atomic E-state index is 8.52. The Morgan fingerprint density at radius 2 is 0.727 bits per heavy atom. The standard InChI is InChI=1S/2C9H6N2/c2*1-7-2-8(5-10)4-9(3-7)6-11/h2*2-4H,1H3. The summed E-state index contributed by atoms with van der Waals surface area (Å²) in [6.45, 7) is 3.73. The molecule has 4 nitrogen and oxygen atoms in total. The second-order valence-corrected chi connectivity index (χ2v) is 4.62. The van der Waals surface area contributed by atoms with Gasteiger partial charge in [0, 0.05) is 0 Å². The van der Waals surface area contributed by atoms with Crippen molar-refractivity contribution < 1.29 is 0 Å². The van der Waals surface area contributed by atoms with Gasteiger partial charge in [0.05, 0.1) is 46.5 Å². The Labute approximate surface area is 129 Å². The minimum Gasteiger partial charge on any atom is -0.192 e. The fraction of sp³-hybridized carbons (Fsp3) is 0.111. The molecule has 4 heteroatoms. The lowest BCUT2D eigenvalue weighted by Gasteiger charge is -1.93. The van der Waals surface area contributed by atoms with E-state index >= 15 is 0 Å². The highest BCUT2D eigenvalue weighted by molar-refractivity contribution is 5.42. The minimum absolute atomic E-state index is 0.543.